The third kappa shape index (κ3) is 3.08. The number of carbonyl (C=O) groups excluding carboxylic acids is 1. The van der Waals surface area contributed by atoms with Crippen LogP contribution in [0.4, 0.5) is 0 Å². The van der Waals surface area contributed by atoms with Crippen molar-refractivity contribution in [2.75, 3.05) is 13.2 Å². The Kier molecular flexibility index (Phi) is 4.97. The van der Waals surface area contributed by atoms with Crippen LogP contribution in [0.25, 0.3) is 5.57 Å². The molecule has 0 bridgehead atoms. The highest BCUT2D eigenvalue weighted by Gasteiger charge is 2.29. The summed E-state index contributed by atoms with van der Waals surface area (Å²) in [6.45, 7) is 9.13. The van der Waals surface area contributed by atoms with Crippen LogP contribution in [0.2, 0.25) is 0 Å². The van der Waals surface area contributed by atoms with Gasteiger partial charge in [0.15, 0.2) is 5.78 Å². The van der Waals surface area contributed by atoms with Crippen LogP contribution in [0.1, 0.15) is 43.6 Å². The summed E-state index contributed by atoms with van der Waals surface area (Å²) in [5.41, 5.74) is 3.41. The first kappa shape index (κ1) is 15.5. The minimum Gasteiger partial charge on any atom is -0.490 e. The van der Waals surface area contributed by atoms with Crippen molar-refractivity contribution >= 4 is 11.4 Å². The molecule has 112 valence electrons. The minimum atomic E-state index is 0.0937. The van der Waals surface area contributed by atoms with Gasteiger partial charge in [-0.15, -0.1) is 0 Å². The van der Waals surface area contributed by atoms with Gasteiger partial charge in [-0.3, -0.25) is 4.79 Å². The van der Waals surface area contributed by atoms with Crippen molar-refractivity contribution in [1.29, 1.82) is 0 Å². The van der Waals surface area contributed by atoms with Crippen LogP contribution in [-0.4, -0.2) is 25.1 Å². The van der Waals surface area contributed by atoms with Gasteiger partial charge in [0.2, 0.25) is 0 Å². The zero-order valence-electron chi connectivity index (χ0n) is 13.1. The van der Waals surface area contributed by atoms with E-state index in [1.54, 1.807) is 0 Å². The van der Waals surface area contributed by atoms with Gasteiger partial charge in [0.25, 0.3) is 0 Å². The van der Waals surface area contributed by atoms with Gasteiger partial charge in [0.05, 0.1) is 6.61 Å². The molecule has 3 heteroatoms. The molecule has 21 heavy (non-hydrogen) atoms. The average molecular weight is 286 g/mol. The topological polar surface area (TPSA) is 38.8 Å². The van der Waals surface area contributed by atoms with Crippen LogP contribution in [0.15, 0.2) is 35.9 Å². The number of ether oxygens (including phenoxy) is 2. The molecule has 0 N–H and O–H groups in total. The predicted octanol–water partition coefficient (Wildman–Crippen LogP) is 4.04. The molecular weight excluding hydrogens is 264 g/mol. The lowest BCUT2D eigenvalue weighted by Crippen LogP contribution is -2.06. The Morgan fingerprint density at radius 1 is 1.38 bits per heavy atom. The average Bonchev–Trinajstić information content (AvgIpc) is 3.31. The molecule has 1 fully saturated rings. The molecule has 0 spiro atoms. The minimum absolute atomic E-state index is 0.0937. The molecule has 2 aliphatic rings. The molecule has 0 amide bonds. The maximum Gasteiger partial charge on any atom is 0.190 e. The van der Waals surface area contributed by atoms with Crippen molar-refractivity contribution in [2.24, 2.45) is 0 Å². The second-order valence-corrected chi connectivity index (χ2v) is 4.81. The first-order chi connectivity index (χ1) is 10.2. The monoisotopic (exact) mass is 286 g/mol. The Hall–Kier alpha value is -1.87. The van der Waals surface area contributed by atoms with Crippen LogP contribution in [-0.2, 0) is 4.74 Å². The van der Waals surface area contributed by atoms with Gasteiger partial charge in [-0.05, 0) is 25.5 Å². The predicted molar refractivity (Wildman–Crippen MR) is 84.8 cm³/mol. The van der Waals surface area contributed by atoms with E-state index in [1.165, 1.54) is 0 Å². The Morgan fingerprint density at radius 2 is 2.10 bits per heavy atom. The number of hydrogen-bond acceptors (Lipinski definition) is 3. The molecule has 3 nitrogen and oxygen atoms in total. The van der Waals surface area contributed by atoms with Crippen LogP contribution >= 0.6 is 0 Å². The fraction of sp³-hybridized carbons (Fsp3) is 0.389. The standard InChI is InChI=1S/C16H16O3.C2H6/c1-3-5-12-10(2)16(17)13-6-4-7-14(15(12)13)19-9-11-8-18-11;1-2/h3-7,11H,8-9H2,1-2H3;1-2H3/b5-3-;/t11-;/m0./s1. The molecule has 1 aliphatic carbocycles. The molecular formula is C18H22O3. The number of rotatable bonds is 4. The first-order valence-corrected chi connectivity index (χ1v) is 7.48. The fourth-order valence-corrected chi connectivity index (χ4v) is 2.35. The number of fused-ring (bicyclic) bond motifs is 1. The van der Waals surface area contributed by atoms with E-state index < -0.39 is 0 Å². The normalized spacial score (nSPS) is 19.4. The number of benzene rings is 1. The maximum atomic E-state index is 12.2. The van der Waals surface area contributed by atoms with Gasteiger partial charge < -0.3 is 9.47 Å². The van der Waals surface area contributed by atoms with Crippen molar-refractivity contribution in [1.82, 2.24) is 0 Å². The van der Waals surface area contributed by atoms with Crippen molar-refractivity contribution in [3.05, 3.63) is 47.1 Å². The summed E-state index contributed by atoms with van der Waals surface area (Å²) < 4.78 is 10.9. The third-order valence-corrected chi connectivity index (χ3v) is 3.45. The first-order valence-electron chi connectivity index (χ1n) is 7.48. The van der Waals surface area contributed by atoms with Crippen LogP contribution in [0.3, 0.4) is 0 Å². The lowest BCUT2D eigenvalue weighted by atomic mass is 10.0. The Labute approximate surface area is 126 Å². The zero-order valence-corrected chi connectivity index (χ0v) is 13.1. The molecule has 0 radical (unpaired) electrons. The van der Waals surface area contributed by atoms with Gasteiger partial charge in [0.1, 0.15) is 18.5 Å². The van der Waals surface area contributed by atoms with Crippen molar-refractivity contribution in [3.8, 4) is 5.75 Å². The Balaban J connectivity index is 0.000000774. The summed E-state index contributed by atoms with van der Waals surface area (Å²) in [7, 11) is 0. The molecule has 0 unspecified atom stereocenters. The maximum absolute atomic E-state index is 12.2. The molecule has 3 rings (SSSR count). The van der Waals surface area contributed by atoms with E-state index in [-0.39, 0.29) is 11.9 Å². The second-order valence-electron chi connectivity index (χ2n) is 4.81. The highest BCUT2D eigenvalue weighted by atomic mass is 16.6. The number of ketones is 1. The lowest BCUT2D eigenvalue weighted by Gasteiger charge is -2.10. The van der Waals surface area contributed by atoms with Crippen LogP contribution in [0, 0.1) is 0 Å². The van der Waals surface area contributed by atoms with E-state index in [0.717, 1.165) is 34.6 Å². The Morgan fingerprint density at radius 3 is 2.71 bits per heavy atom. The Bertz CT molecular complexity index is 592. The van der Waals surface area contributed by atoms with Gasteiger partial charge in [-0.1, -0.05) is 38.1 Å². The van der Waals surface area contributed by atoms with Crippen LogP contribution < -0.4 is 4.74 Å². The molecule has 1 saturated heterocycles. The van der Waals surface area contributed by atoms with E-state index >= 15 is 0 Å². The van der Waals surface area contributed by atoms with E-state index in [1.807, 2.05) is 58.0 Å². The summed E-state index contributed by atoms with van der Waals surface area (Å²) in [4.78, 5) is 12.2. The number of carbonyl (C=O) groups is 1. The summed E-state index contributed by atoms with van der Waals surface area (Å²) >= 11 is 0. The van der Waals surface area contributed by atoms with E-state index in [4.69, 9.17) is 9.47 Å². The van der Waals surface area contributed by atoms with E-state index in [9.17, 15) is 4.79 Å². The largest absolute Gasteiger partial charge is 0.490 e. The van der Waals surface area contributed by atoms with Crippen molar-refractivity contribution < 1.29 is 14.3 Å². The fourth-order valence-electron chi connectivity index (χ4n) is 2.35. The van der Waals surface area contributed by atoms with Gasteiger partial charge in [-0.25, -0.2) is 0 Å². The summed E-state index contributed by atoms with van der Waals surface area (Å²) in [6, 6.07) is 5.64. The smallest absolute Gasteiger partial charge is 0.190 e. The van der Waals surface area contributed by atoms with Gasteiger partial charge in [-0.2, -0.15) is 0 Å². The number of hydrogen-bond donors (Lipinski definition) is 0. The van der Waals surface area contributed by atoms with Gasteiger partial charge >= 0.3 is 0 Å². The molecule has 1 aromatic rings. The lowest BCUT2D eigenvalue weighted by molar-refractivity contribution is 0.103. The quantitative estimate of drug-likeness (QED) is 0.784. The highest BCUT2D eigenvalue weighted by molar-refractivity contribution is 6.22. The molecule has 0 saturated carbocycles. The molecule has 1 aliphatic heterocycles. The van der Waals surface area contributed by atoms with Crippen molar-refractivity contribution in [3.63, 3.8) is 0 Å². The summed E-state index contributed by atoms with van der Waals surface area (Å²) in [6.07, 6.45) is 4.13. The third-order valence-electron chi connectivity index (χ3n) is 3.45. The summed E-state index contributed by atoms with van der Waals surface area (Å²) in [5.74, 6) is 0.863. The van der Waals surface area contributed by atoms with Crippen molar-refractivity contribution in [2.45, 2.75) is 33.8 Å². The summed E-state index contributed by atoms with van der Waals surface area (Å²) in [5, 5.41) is 0. The number of Topliss-reactive ketones (excluding diaryl/α,β-unsaturated/α-hetero) is 1. The molecule has 1 atom stereocenters. The molecule has 1 heterocycles. The van der Waals surface area contributed by atoms with E-state index in [2.05, 4.69) is 0 Å². The number of epoxide rings is 1. The second kappa shape index (κ2) is 6.72. The SMILES string of the molecule is C/C=C\C1=C(C)C(=O)c2cccc(OC[C@@H]3CO3)c21.CC. The molecule has 0 aromatic heterocycles. The highest BCUT2D eigenvalue weighted by Crippen LogP contribution is 2.39. The molecule has 1 aromatic carbocycles. The van der Waals surface area contributed by atoms with Gasteiger partial charge in [0, 0.05) is 16.7 Å². The van der Waals surface area contributed by atoms with E-state index in [0.29, 0.717) is 6.61 Å². The zero-order chi connectivity index (χ0) is 15.4. The number of allylic oxidation sites excluding steroid dienone is 4. The van der Waals surface area contributed by atoms with Crippen LogP contribution in [0.5, 0.6) is 5.75 Å².